The third-order valence-electron chi connectivity index (χ3n) is 4.85. The highest BCUT2D eigenvalue weighted by molar-refractivity contribution is 5.40. The Hall–Kier alpha value is -1.06. The van der Waals surface area contributed by atoms with Crippen molar-refractivity contribution in [1.29, 1.82) is 0 Å². The van der Waals surface area contributed by atoms with E-state index in [1.807, 2.05) is 6.07 Å². The molecule has 0 bridgehead atoms. The van der Waals surface area contributed by atoms with Crippen LogP contribution in [-0.4, -0.2) is 35.2 Å². The summed E-state index contributed by atoms with van der Waals surface area (Å²) in [5.74, 6) is 0.888. The van der Waals surface area contributed by atoms with E-state index in [1.54, 1.807) is 0 Å². The average Bonchev–Trinajstić information content (AvgIpc) is 2.62. The highest BCUT2D eigenvalue weighted by Gasteiger charge is 2.41. The molecule has 1 fully saturated rings. The zero-order chi connectivity index (χ0) is 14.2. The molecular formula is C17H25NO2. The lowest BCUT2D eigenvalue weighted by molar-refractivity contribution is -0.0238. The molecule has 2 heterocycles. The number of rotatable bonds is 1. The Morgan fingerprint density at radius 3 is 3.00 bits per heavy atom. The first-order chi connectivity index (χ1) is 9.62. The number of aliphatic hydroxyl groups is 1. The van der Waals surface area contributed by atoms with Crippen LogP contribution >= 0.6 is 0 Å². The molecule has 0 amide bonds. The van der Waals surface area contributed by atoms with Crippen molar-refractivity contribution in [3.8, 4) is 5.75 Å². The molecule has 3 heteroatoms. The number of nitrogens with zero attached hydrogens (tertiary/aromatic N) is 1. The van der Waals surface area contributed by atoms with Crippen molar-refractivity contribution in [1.82, 2.24) is 4.90 Å². The van der Waals surface area contributed by atoms with Crippen molar-refractivity contribution in [2.75, 3.05) is 19.6 Å². The summed E-state index contributed by atoms with van der Waals surface area (Å²) in [4.78, 5) is 2.48. The monoisotopic (exact) mass is 275 g/mol. The molecule has 2 aliphatic rings. The molecule has 0 aliphatic carbocycles. The minimum Gasteiger partial charge on any atom is -0.487 e. The molecule has 1 saturated heterocycles. The number of likely N-dealkylation sites (tertiary alicyclic amines) is 1. The summed E-state index contributed by atoms with van der Waals surface area (Å²) in [6.45, 7) is 7.60. The average molecular weight is 275 g/mol. The third-order valence-corrected chi connectivity index (χ3v) is 4.85. The number of aliphatic hydroxyl groups excluding tert-OH is 1. The minimum atomic E-state index is -0.383. The van der Waals surface area contributed by atoms with Gasteiger partial charge >= 0.3 is 0 Å². The Balaban J connectivity index is 1.85. The first kappa shape index (κ1) is 13.9. The first-order valence-electron chi connectivity index (χ1n) is 7.82. The van der Waals surface area contributed by atoms with Gasteiger partial charge < -0.3 is 14.7 Å². The molecule has 0 aromatic heterocycles. The fraction of sp³-hybridized carbons (Fsp3) is 0.647. The Morgan fingerprint density at radius 2 is 2.20 bits per heavy atom. The zero-order valence-electron chi connectivity index (χ0n) is 12.6. The predicted octanol–water partition coefficient (Wildman–Crippen LogP) is 3.06. The summed E-state index contributed by atoms with van der Waals surface area (Å²) in [7, 11) is 0. The normalized spacial score (nSPS) is 30.6. The molecule has 3 rings (SSSR count). The summed E-state index contributed by atoms with van der Waals surface area (Å²) >= 11 is 0. The maximum absolute atomic E-state index is 10.5. The van der Waals surface area contributed by atoms with Crippen LogP contribution in [0.4, 0.5) is 0 Å². The maximum atomic E-state index is 10.5. The highest BCUT2D eigenvalue weighted by Crippen LogP contribution is 2.44. The van der Waals surface area contributed by atoms with Crippen LogP contribution in [0.5, 0.6) is 5.75 Å². The van der Waals surface area contributed by atoms with Crippen LogP contribution < -0.4 is 4.74 Å². The first-order valence-corrected chi connectivity index (χ1v) is 7.82. The Morgan fingerprint density at radius 1 is 1.35 bits per heavy atom. The van der Waals surface area contributed by atoms with E-state index in [1.165, 1.54) is 5.56 Å². The number of aryl methyl sites for hydroxylation is 1. The Labute approximate surface area is 121 Å². The molecule has 1 aromatic carbocycles. The van der Waals surface area contributed by atoms with Crippen molar-refractivity contribution in [3.05, 3.63) is 29.3 Å². The van der Waals surface area contributed by atoms with Gasteiger partial charge in [0.05, 0.1) is 6.10 Å². The second-order valence-corrected chi connectivity index (χ2v) is 6.33. The van der Waals surface area contributed by atoms with Crippen LogP contribution in [0, 0.1) is 6.92 Å². The summed E-state index contributed by atoms with van der Waals surface area (Å²) in [6, 6.07) is 6.15. The van der Waals surface area contributed by atoms with E-state index < -0.39 is 0 Å². The zero-order valence-corrected chi connectivity index (χ0v) is 12.6. The van der Waals surface area contributed by atoms with Crippen molar-refractivity contribution < 1.29 is 9.84 Å². The molecule has 0 saturated carbocycles. The van der Waals surface area contributed by atoms with Gasteiger partial charge in [-0.1, -0.05) is 18.6 Å². The molecule has 1 N–H and O–H groups in total. The molecule has 1 aromatic rings. The molecule has 110 valence electrons. The lowest BCUT2D eigenvalue weighted by atomic mass is 9.83. The van der Waals surface area contributed by atoms with E-state index in [4.69, 9.17) is 4.74 Å². The van der Waals surface area contributed by atoms with Crippen LogP contribution in [0.25, 0.3) is 0 Å². The summed E-state index contributed by atoms with van der Waals surface area (Å²) in [5.41, 5.74) is 1.98. The van der Waals surface area contributed by atoms with E-state index in [9.17, 15) is 5.11 Å². The van der Waals surface area contributed by atoms with E-state index in [2.05, 4.69) is 30.9 Å². The van der Waals surface area contributed by atoms with E-state index in [-0.39, 0.29) is 11.7 Å². The summed E-state index contributed by atoms with van der Waals surface area (Å²) < 4.78 is 6.37. The van der Waals surface area contributed by atoms with Crippen molar-refractivity contribution in [2.24, 2.45) is 0 Å². The van der Waals surface area contributed by atoms with Crippen molar-refractivity contribution in [2.45, 2.75) is 51.2 Å². The van der Waals surface area contributed by atoms with Crippen LogP contribution in [0.3, 0.4) is 0 Å². The topological polar surface area (TPSA) is 32.7 Å². The number of hydrogen-bond acceptors (Lipinski definition) is 3. The molecule has 1 spiro atoms. The Kier molecular flexibility index (Phi) is 3.74. The van der Waals surface area contributed by atoms with Crippen LogP contribution in [-0.2, 0) is 0 Å². The number of benzene rings is 1. The Bertz CT molecular complexity index is 488. The lowest BCUT2D eigenvalue weighted by Gasteiger charge is -2.40. The molecule has 3 nitrogen and oxygen atoms in total. The number of ether oxygens (including phenoxy) is 1. The van der Waals surface area contributed by atoms with Gasteiger partial charge in [0.2, 0.25) is 0 Å². The minimum absolute atomic E-state index is 0.161. The predicted molar refractivity (Wildman–Crippen MR) is 80.1 cm³/mol. The second-order valence-electron chi connectivity index (χ2n) is 6.33. The van der Waals surface area contributed by atoms with Gasteiger partial charge in [0.1, 0.15) is 11.4 Å². The fourth-order valence-corrected chi connectivity index (χ4v) is 3.60. The second kappa shape index (κ2) is 5.38. The third kappa shape index (κ3) is 2.57. The van der Waals surface area contributed by atoms with Gasteiger partial charge in [0.25, 0.3) is 0 Å². The van der Waals surface area contributed by atoms with Gasteiger partial charge in [0, 0.05) is 18.5 Å². The molecule has 2 aliphatic heterocycles. The standard InChI is InChI=1S/C17H25NO2/c1-3-18-9-4-7-17(8-10-18)12-15(19)14-11-13(2)5-6-16(14)20-17/h5-6,11,15,19H,3-4,7-10,12H2,1-2H3. The van der Waals surface area contributed by atoms with Crippen LogP contribution in [0.15, 0.2) is 18.2 Å². The van der Waals surface area contributed by atoms with Gasteiger partial charge in [-0.2, -0.15) is 0 Å². The fourth-order valence-electron chi connectivity index (χ4n) is 3.60. The maximum Gasteiger partial charge on any atom is 0.125 e. The van der Waals surface area contributed by atoms with Crippen molar-refractivity contribution in [3.63, 3.8) is 0 Å². The molecule has 2 atom stereocenters. The van der Waals surface area contributed by atoms with Crippen molar-refractivity contribution >= 4 is 0 Å². The van der Waals surface area contributed by atoms with E-state index in [0.29, 0.717) is 0 Å². The smallest absolute Gasteiger partial charge is 0.125 e. The largest absolute Gasteiger partial charge is 0.487 e. The highest BCUT2D eigenvalue weighted by atomic mass is 16.5. The van der Waals surface area contributed by atoms with E-state index >= 15 is 0 Å². The molecular weight excluding hydrogens is 250 g/mol. The molecule has 2 unspecified atom stereocenters. The molecule has 0 radical (unpaired) electrons. The number of fused-ring (bicyclic) bond motifs is 1. The lowest BCUT2D eigenvalue weighted by Crippen LogP contribution is -2.42. The van der Waals surface area contributed by atoms with Gasteiger partial charge in [-0.25, -0.2) is 0 Å². The summed E-state index contributed by atoms with van der Waals surface area (Å²) in [6.07, 6.45) is 3.58. The van der Waals surface area contributed by atoms with Gasteiger partial charge in [-0.05, 0) is 51.4 Å². The van der Waals surface area contributed by atoms with Crippen LogP contribution in [0.2, 0.25) is 0 Å². The van der Waals surface area contributed by atoms with Gasteiger partial charge in [-0.15, -0.1) is 0 Å². The molecule has 20 heavy (non-hydrogen) atoms. The number of hydrogen-bond donors (Lipinski definition) is 1. The van der Waals surface area contributed by atoms with Gasteiger partial charge in [0.15, 0.2) is 0 Å². The van der Waals surface area contributed by atoms with Crippen LogP contribution in [0.1, 0.15) is 49.8 Å². The SMILES string of the molecule is CCN1CCCC2(CC1)CC(O)c1cc(C)ccc1O2. The van der Waals surface area contributed by atoms with E-state index in [0.717, 1.165) is 56.6 Å². The quantitative estimate of drug-likeness (QED) is 0.855. The summed E-state index contributed by atoms with van der Waals surface area (Å²) in [5, 5.41) is 10.5. The van der Waals surface area contributed by atoms with Gasteiger partial charge in [-0.3, -0.25) is 0 Å².